The number of hydrogen-bond acceptors (Lipinski definition) is 1. The first-order valence-corrected chi connectivity index (χ1v) is 7.20. The summed E-state index contributed by atoms with van der Waals surface area (Å²) in [7, 11) is 0. The molecule has 0 fully saturated rings. The topological polar surface area (TPSA) is 81.5 Å². The van der Waals surface area contributed by atoms with Gasteiger partial charge in [-0.3, -0.25) is 4.79 Å². The van der Waals surface area contributed by atoms with Crippen molar-refractivity contribution >= 4 is 24.0 Å². The van der Waals surface area contributed by atoms with Gasteiger partial charge in [0.15, 0.2) is 5.96 Å². The summed E-state index contributed by atoms with van der Waals surface area (Å²) in [5.41, 5.74) is 12.3. The van der Waals surface area contributed by atoms with Gasteiger partial charge in [-0.2, -0.15) is 4.99 Å². The average Bonchev–Trinajstić information content (AvgIpc) is 2.45. The van der Waals surface area contributed by atoms with E-state index in [9.17, 15) is 4.79 Å². The van der Waals surface area contributed by atoms with Crippen molar-refractivity contribution in [3.63, 3.8) is 0 Å². The van der Waals surface area contributed by atoms with Crippen LogP contribution in [0.15, 0.2) is 41.4 Å². The highest BCUT2D eigenvalue weighted by Crippen LogP contribution is 2.10. The number of carbonyl (C=O) groups excluding carboxylic acids is 1. The molecule has 4 nitrogen and oxygen atoms in total. The highest BCUT2D eigenvalue weighted by atomic mass is 16.1. The Kier molecular flexibility index (Phi) is 7.58. The lowest BCUT2D eigenvalue weighted by Gasteiger charge is -1.97. The van der Waals surface area contributed by atoms with Crippen LogP contribution in [0.25, 0.3) is 12.2 Å². The molecule has 0 aliphatic carbocycles. The maximum atomic E-state index is 11.3. The largest absolute Gasteiger partial charge is 0.370 e. The van der Waals surface area contributed by atoms with Crippen LogP contribution in [-0.2, 0) is 4.79 Å². The van der Waals surface area contributed by atoms with Gasteiger partial charge in [-0.1, -0.05) is 50.1 Å². The number of benzene rings is 1. The van der Waals surface area contributed by atoms with E-state index in [1.165, 1.54) is 25.3 Å². The van der Waals surface area contributed by atoms with E-state index in [0.717, 1.165) is 17.5 Å². The molecule has 0 aliphatic heterocycles. The van der Waals surface area contributed by atoms with Crippen molar-refractivity contribution in [2.45, 2.75) is 32.6 Å². The Hall–Kier alpha value is -2.36. The number of aliphatic imine (C=N–C) groups is 1. The van der Waals surface area contributed by atoms with Crippen molar-refractivity contribution < 1.29 is 4.79 Å². The quantitative estimate of drug-likeness (QED) is 0.349. The van der Waals surface area contributed by atoms with Gasteiger partial charge in [0.1, 0.15) is 0 Å². The number of amides is 1. The van der Waals surface area contributed by atoms with Crippen molar-refractivity contribution in [1.82, 2.24) is 0 Å². The molecular weight excluding hydrogens is 262 g/mol. The van der Waals surface area contributed by atoms with Crippen LogP contribution in [0.2, 0.25) is 0 Å². The van der Waals surface area contributed by atoms with Gasteiger partial charge in [0.2, 0.25) is 0 Å². The van der Waals surface area contributed by atoms with Crippen molar-refractivity contribution in [2.75, 3.05) is 0 Å². The maximum absolute atomic E-state index is 11.3. The molecular formula is C17H23N3O. The number of nitrogens with zero attached hydrogens (tertiary/aromatic N) is 1. The second kappa shape index (κ2) is 9.53. The lowest BCUT2D eigenvalue weighted by atomic mass is 10.1. The van der Waals surface area contributed by atoms with E-state index in [0.29, 0.717) is 0 Å². The highest BCUT2D eigenvalue weighted by Gasteiger charge is 1.94. The molecule has 0 saturated heterocycles. The molecule has 1 rings (SSSR count). The number of guanidine groups is 1. The maximum Gasteiger partial charge on any atom is 0.272 e. The fourth-order valence-electron chi connectivity index (χ4n) is 1.83. The van der Waals surface area contributed by atoms with E-state index in [1.807, 2.05) is 24.3 Å². The number of rotatable bonds is 7. The monoisotopic (exact) mass is 285 g/mol. The first-order valence-electron chi connectivity index (χ1n) is 7.20. The molecule has 0 bridgehead atoms. The van der Waals surface area contributed by atoms with Gasteiger partial charge in [-0.15, -0.1) is 0 Å². The van der Waals surface area contributed by atoms with Crippen LogP contribution in [0.4, 0.5) is 0 Å². The number of unbranched alkanes of at least 4 members (excludes halogenated alkanes) is 3. The minimum atomic E-state index is -0.462. The zero-order chi connectivity index (χ0) is 15.5. The van der Waals surface area contributed by atoms with Crippen molar-refractivity contribution in [2.24, 2.45) is 16.5 Å². The molecule has 0 atom stereocenters. The molecule has 0 heterocycles. The molecule has 0 unspecified atom stereocenters. The Labute approximate surface area is 126 Å². The first kappa shape index (κ1) is 16.7. The fraction of sp³-hybridized carbons (Fsp3) is 0.294. The third kappa shape index (κ3) is 7.72. The van der Waals surface area contributed by atoms with Gasteiger partial charge < -0.3 is 11.5 Å². The summed E-state index contributed by atoms with van der Waals surface area (Å²) in [5.74, 6) is -0.691. The lowest BCUT2D eigenvalue weighted by Crippen LogP contribution is -2.23. The number of carbonyl (C=O) groups is 1. The third-order valence-electron chi connectivity index (χ3n) is 2.85. The van der Waals surface area contributed by atoms with Gasteiger partial charge in [0, 0.05) is 6.08 Å². The first-order chi connectivity index (χ1) is 10.1. The molecule has 21 heavy (non-hydrogen) atoms. The summed E-state index contributed by atoms with van der Waals surface area (Å²) < 4.78 is 0. The normalized spacial score (nSPS) is 11.1. The molecule has 0 saturated carbocycles. The van der Waals surface area contributed by atoms with Gasteiger partial charge in [0.25, 0.3) is 5.91 Å². The third-order valence-corrected chi connectivity index (χ3v) is 2.85. The Morgan fingerprint density at radius 2 is 1.90 bits per heavy atom. The van der Waals surface area contributed by atoms with Crippen LogP contribution in [0.5, 0.6) is 0 Å². The zero-order valence-electron chi connectivity index (χ0n) is 12.5. The number of nitrogens with two attached hydrogens (primary N) is 2. The summed E-state index contributed by atoms with van der Waals surface area (Å²) in [6.07, 6.45) is 12.1. The van der Waals surface area contributed by atoms with Crippen LogP contribution in [0, 0.1) is 0 Å². The van der Waals surface area contributed by atoms with E-state index in [1.54, 1.807) is 6.08 Å². The molecule has 0 aliphatic rings. The average molecular weight is 285 g/mol. The van der Waals surface area contributed by atoms with E-state index >= 15 is 0 Å². The summed E-state index contributed by atoms with van der Waals surface area (Å²) in [6, 6.07) is 7.92. The van der Waals surface area contributed by atoms with Crippen LogP contribution in [0.1, 0.15) is 43.7 Å². The Morgan fingerprint density at radius 3 is 2.57 bits per heavy atom. The second-order valence-electron chi connectivity index (χ2n) is 4.78. The molecule has 112 valence electrons. The molecule has 0 spiro atoms. The van der Waals surface area contributed by atoms with Gasteiger partial charge in [-0.05, 0) is 36.1 Å². The fourth-order valence-corrected chi connectivity index (χ4v) is 1.83. The Balaban J connectivity index is 2.62. The molecule has 4 heteroatoms. The smallest absolute Gasteiger partial charge is 0.272 e. The van der Waals surface area contributed by atoms with Crippen molar-refractivity contribution in [3.8, 4) is 0 Å². The zero-order valence-corrected chi connectivity index (χ0v) is 12.5. The molecule has 0 aromatic heterocycles. The summed E-state index contributed by atoms with van der Waals surface area (Å²) >= 11 is 0. The van der Waals surface area contributed by atoms with E-state index < -0.39 is 5.91 Å². The standard InChI is InChI=1S/C17H23N3O/c1-2-3-4-5-6-8-14-9-7-10-15(13-14)11-12-16(21)20-17(18)19/h6-13H,2-5H2,1H3,(H4,18,19,20,21). The van der Waals surface area contributed by atoms with Gasteiger partial charge in [0.05, 0.1) is 0 Å². The molecule has 1 aromatic rings. The van der Waals surface area contributed by atoms with Crippen molar-refractivity contribution in [1.29, 1.82) is 0 Å². The van der Waals surface area contributed by atoms with E-state index in [2.05, 4.69) is 24.1 Å². The molecule has 0 radical (unpaired) electrons. The Morgan fingerprint density at radius 1 is 1.19 bits per heavy atom. The summed E-state index contributed by atoms with van der Waals surface area (Å²) in [5, 5.41) is 0. The van der Waals surface area contributed by atoms with Crippen LogP contribution in [-0.4, -0.2) is 11.9 Å². The SMILES string of the molecule is CCCCCC=Cc1cccc(C=CC(=O)N=C(N)N)c1. The number of hydrogen-bond donors (Lipinski definition) is 2. The summed E-state index contributed by atoms with van der Waals surface area (Å²) in [6.45, 7) is 2.20. The Bertz CT molecular complexity index is 541. The van der Waals surface area contributed by atoms with Crippen molar-refractivity contribution in [3.05, 3.63) is 47.5 Å². The highest BCUT2D eigenvalue weighted by molar-refractivity contribution is 5.99. The number of allylic oxidation sites excluding steroid dienone is 1. The van der Waals surface area contributed by atoms with E-state index in [4.69, 9.17) is 11.5 Å². The van der Waals surface area contributed by atoms with Gasteiger partial charge in [-0.25, -0.2) is 0 Å². The van der Waals surface area contributed by atoms with Crippen LogP contribution in [0.3, 0.4) is 0 Å². The summed E-state index contributed by atoms with van der Waals surface area (Å²) in [4.78, 5) is 14.8. The van der Waals surface area contributed by atoms with Crippen LogP contribution < -0.4 is 11.5 Å². The lowest BCUT2D eigenvalue weighted by molar-refractivity contribution is -0.113. The van der Waals surface area contributed by atoms with E-state index in [-0.39, 0.29) is 5.96 Å². The second-order valence-corrected chi connectivity index (χ2v) is 4.78. The minimum Gasteiger partial charge on any atom is -0.370 e. The predicted octanol–water partition coefficient (Wildman–Crippen LogP) is 3.09. The minimum absolute atomic E-state index is 0.228. The molecule has 1 aromatic carbocycles. The van der Waals surface area contributed by atoms with Crippen LogP contribution >= 0.6 is 0 Å². The van der Waals surface area contributed by atoms with Gasteiger partial charge >= 0.3 is 0 Å². The predicted molar refractivity (Wildman–Crippen MR) is 89.5 cm³/mol. The molecule has 1 amide bonds. The molecule has 4 N–H and O–H groups in total.